The minimum absolute atomic E-state index is 0.219. The Hall–Kier alpha value is -3.40. The van der Waals surface area contributed by atoms with Crippen LogP contribution in [0, 0.1) is 11.6 Å². The number of rotatable bonds is 0. The SMILES string of the molecule is O=C1c2cc3ccccc3cc2C(=O)c2cc3cc(F)c(F)cc3cc21. The second-order valence-corrected chi connectivity index (χ2v) is 6.41. The highest BCUT2D eigenvalue weighted by atomic mass is 19.2. The molecule has 4 heteroatoms. The molecule has 4 aromatic rings. The lowest BCUT2D eigenvalue weighted by Crippen LogP contribution is -2.21. The molecular weight excluding hydrogens is 334 g/mol. The van der Waals surface area contributed by atoms with E-state index in [9.17, 15) is 18.4 Å². The minimum Gasteiger partial charge on any atom is -0.289 e. The van der Waals surface area contributed by atoms with E-state index in [1.54, 1.807) is 12.1 Å². The van der Waals surface area contributed by atoms with Crippen molar-refractivity contribution in [1.82, 2.24) is 0 Å². The summed E-state index contributed by atoms with van der Waals surface area (Å²) in [4.78, 5) is 25.9. The predicted molar refractivity (Wildman–Crippen MR) is 94.7 cm³/mol. The predicted octanol–water partition coefficient (Wildman–Crippen LogP) is 5.05. The molecule has 0 aromatic heterocycles. The maximum absolute atomic E-state index is 13.5. The van der Waals surface area contributed by atoms with E-state index in [0.717, 1.165) is 22.9 Å². The van der Waals surface area contributed by atoms with Gasteiger partial charge in [-0.3, -0.25) is 9.59 Å². The average Bonchev–Trinajstić information content (AvgIpc) is 2.65. The molecule has 0 fully saturated rings. The summed E-state index contributed by atoms with van der Waals surface area (Å²) < 4.78 is 27.1. The van der Waals surface area contributed by atoms with Crippen LogP contribution in [0.4, 0.5) is 8.78 Å². The highest BCUT2D eigenvalue weighted by molar-refractivity contribution is 6.30. The van der Waals surface area contributed by atoms with Gasteiger partial charge in [0, 0.05) is 22.3 Å². The van der Waals surface area contributed by atoms with E-state index in [-0.39, 0.29) is 22.7 Å². The van der Waals surface area contributed by atoms with Crippen LogP contribution in [0.1, 0.15) is 31.8 Å². The zero-order valence-corrected chi connectivity index (χ0v) is 13.3. The topological polar surface area (TPSA) is 34.1 Å². The first kappa shape index (κ1) is 14.9. The maximum Gasteiger partial charge on any atom is 0.194 e. The second-order valence-electron chi connectivity index (χ2n) is 6.41. The van der Waals surface area contributed by atoms with Gasteiger partial charge in [-0.25, -0.2) is 8.78 Å². The molecule has 1 aliphatic carbocycles. The first-order valence-electron chi connectivity index (χ1n) is 8.08. The van der Waals surface area contributed by atoms with Gasteiger partial charge in [-0.05, 0) is 57.9 Å². The van der Waals surface area contributed by atoms with E-state index in [4.69, 9.17) is 0 Å². The molecule has 4 aromatic carbocycles. The van der Waals surface area contributed by atoms with Crippen LogP contribution >= 0.6 is 0 Å². The summed E-state index contributed by atoms with van der Waals surface area (Å²) in [5, 5.41) is 2.50. The maximum atomic E-state index is 13.5. The summed E-state index contributed by atoms with van der Waals surface area (Å²) in [5.41, 5.74) is 1.11. The molecule has 0 saturated carbocycles. The van der Waals surface area contributed by atoms with Crippen molar-refractivity contribution in [1.29, 1.82) is 0 Å². The Balaban J connectivity index is 1.82. The minimum atomic E-state index is -0.988. The van der Waals surface area contributed by atoms with Crippen molar-refractivity contribution >= 4 is 33.1 Å². The number of carbonyl (C=O) groups is 2. The fourth-order valence-electron chi connectivity index (χ4n) is 3.58. The Morgan fingerprint density at radius 1 is 0.500 bits per heavy atom. The smallest absolute Gasteiger partial charge is 0.194 e. The lowest BCUT2D eigenvalue weighted by molar-refractivity contribution is 0.0979. The van der Waals surface area contributed by atoms with Crippen molar-refractivity contribution in [2.45, 2.75) is 0 Å². The molecule has 1 aliphatic rings. The molecule has 2 nitrogen and oxygen atoms in total. The quantitative estimate of drug-likeness (QED) is 0.394. The van der Waals surface area contributed by atoms with E-state index < -0.39 is 11.6 Å². The molecule has 0 spiro atoms. The fourth-order valence-corrected chi connectivity index (χ4v) is 3.58. The Morgan fingerprint density at radius 2 is 0.846 bits per heavy atom. The van der Waals surface area contributed by atoms with Crippen LogP contribution < -0.4 is 0 Å². The van der Waals surface area contributed by atoms with Gasteiger partial charge in [0.15, 0.2) is 23.2 Å². The fraction of sp³-hybridized carbons (Fsp3) is 0. The summed E-state index contributed by atoms with van der Waals surface area (Å²) >= 11 is 0. The van der Waals surface area contributed by atoms with Crippen LogP contribution in [0.5, 0.6) is 0 Å². The second kappa shape index (κ2) is 5.05. The summed E-state index contributed by atoms with van der Waals surface area (Å²) in [5.74, 6) is -2.55. The molecule has 0 N–H and O–H groups in total. The lowest BCUT2D eigenvalue weighted by atomic mass is 9.81. The zero-order valence-electron chi connectivity index (χ0n) is 13.3. The van der Waals surface area contributed by atoms with Gasteiger partial charge in [0.1, 0.15) is 0 Å². The normalized spacial score (nSPS) is 13.2. The van der Waals surface area contributed by atoms with Crippen LogP contribution in [0.3, 0.4) is 0 Å². The Bertz CT molecular complexity index is 1190. The monoisotopic (exact) mass is 344 g/mol. The number of fused-ring (bicyclic) bond motifs is 4. The number of halogens is 2. The van der Waals surface area contributed by atoms with E-state index in [2.05, 4.69) is 0 Å². The van der Waals surface area contributed by atoms with Gasteiger partial charge < -0.3 is 0 Å². The van der Waals surface area contributed by atoms with Gasteiger partial charge in [0.2, 0.25) is 0 Å². The average molecular weight is 344 g/mol. The van der Waals surface area contributed by atoms with Gasteiger partial charge in [0.25, 0.3) is 0 Å². The van der Waals surface area contributed by atoms with Gasteiger partial charge >= 0.3 is 0 Å². The van der Waals surface area contributed by atoms with E-state index in [1.165, 1.54) is 12.1 Å². The van der Waals surface area contributed by atoms with Crippen LogP contribution in [0.15, 0.2) is 60.7 Å². The Labute approximate surface area is 146 Å². The molecule has 0 saturated heterocycles. The van der Waals surface area contributed by atoms with Gasteiger partial charge in [0.05, 0.1) is 0 Å². The lowest BCUT2D eigenvalue weighted by Gasteiger charge is -2.19. The largest absolute Gasteiger partial charge is 0.289 e. The van der Waals surface area contributed by atoms with Crippen molar-refractivity contribution in [2.24, 2.45) is 0 Å². The highest BCUT2D eigenvalue weighted by Crippen LogP contribution is 2.33. The number of benzene rings is 4. The molecule has 0 unspecified atom stereocenters. The highest BCUT2D eigenvalue weighted by Gasteiger charge is 2.30. The van der Waals surface area contributed by atoms with Crippen LogP contribution in [-0.2, 0) is 0 Å². The molecular formula is C22H10F2O2. The van der Waals surface area contributed by atoms with Crippen LogP contribution in [-0.4, -0.2) is 11.6 Å². The van der Waals surface area contributed by atoms with Gasteiger partial charge in [-0.1, -0.05) is 24.3 Å². The first-order chi connectivity index (χ1) is 12.5. The van der Waals surface area contributed by atoms with Gasteiger partial charge in [-0.2, -0.15) is 0 Å². The number of carbonyl (C=O) groups excluding carboxylic acids is 2. The van der Waals surface area contributed by atoms with Gasteiger partial charge in [-0.15, -0.1) is 0 Å². The molecule has 0 aliphatic heterocycles. The molecule has 26 heavy (non-hydrogen) atoms. The first-order valence-corrected chi connectivity index (χ1v) is 8.08. The summed E-state index contributed by atoms with van der Waals surface area (Å²) in [6, 6.07) is 15.9. The van der Waals surface area contributed by atoms with Crippen LogP contribution in [0.2, 0.25) is 0 Å². The standard InChI is InChI=1S/C22H10F2O2/c23-19-9-13-7-17-18(8-14(13)10-20(19)24)22(26)16-6-12-4-2-1-3-11(12)5-15(16)21(17)25/h1-10H. The molecule has 5 rings (SSSR count). The molecule has 0 atom stereocenters. The van der Waals surface area contributed by atoms with E-state index in [1.807, 2.05) is 24.3 Å². The summed E-state index contributed by atoms with van der Waals surface area (Å²) in [6.45, 7) is 0. The Morgan fingerprint density at radius 3 is 1.23 bits per heavy atom. The van der Waals surface area contributed by atoms with Crippen molar-refractivity contribution in [3.05, 3.63) is 94.6 Å². The molecule has 124 valence electrons. The molecule has 0 bridgehead atoms. The third-order valence-electron chi connectivity index (χ3n) is 4.88. The van der Waals surface area contributed by atoms with Crippen molar-refractivity contribution in [2.75, 3.05) is 0 Å². The third-order valence-corrected chi connectivity index (χ3v) is 4.88. The number of ketones is 2. The Kier molecular flexibility index (Phi) is 2.89. The zero-order chi connectivity index (χ0) is 18.0. The molecule has 0 heterocycles. The molecule has 0 amide bonds. The number of hydrogen-bond donors (Lipinski definition) is 0. The van der Waals surface area contributed by atoms with Crippen molar-refractivity contribution in [3.63, 3.8) is 0 Å². The van der Waals surface area contributed by atoms with Crippen molar-refractivity contribution < 1.29 is 18.4 Å². The van der Waals surface area contributed by atoms with Crippen LogP contribution in [0.25, 0.3) is 21.5 Å². The van der Waals surface area contributed by atoms with E-state index >= 15 is 0 Å². The van der Waals surface area contributed by atoms with E-state index in [0.29, 0.717) is 21.9 Å². The molecule has 0 radical (unpaired) electrons. The number of hydrogen-bond acceptors (Lipinski definition) is 2. The third kappa shape index (κ3) is 1.96. The summed E-state index contributed by atoms with van der Waals surface area (Å²) in [6.07, 6.45) is 0. The van der Waals surface area contributed by atoms with Crippen molar-refractivity contribution in [3.8, 4) is 0 Å². The summed E-state index contributed by atoms with van der Waals surface area (Å²) in [7, 11) is 0.